The minimum atomic E-state index is -0.359. The second-order valence-electron chi connectivity index (χ2n) is 6.93. The van der Waals surface area contributed by atoms with Crippen molar-refractivity contribution in [2.45, 2.75) is 6.54 Å². The van der Waals surface area contributed by atoms with Crippen LogP contribution in [0.1, 0.15) is 0 Å². The minimum Gasteiger partial charge on any atom is -0.492 e. The molecule has 4 aromatic rings. The average Bonchev–Trinajstić information content (AvgIpc) is 2.79. The Morgan fingerprint density at radius 2 is 1.74 bits per heavy atom. The van der Waals surface area contributed by atoms with Gasteiger partial charge in [0.25, 0.3) is 5.56 Å². The fourth-order valence-electron chi connectivity index (χ4n) is 3.15. The van der Waals surface area contributed by atoms with Gasteiger partial charge in [-0.1, -0.05) is 36.4 Å². The third kappa shape index (κ3) is 5.14. The van der Waals surface area contributed by atoms with Crippen molar-refractivity contribution < 1.29 is 13.9 Å². The van der Waals surface area contributed by atoms with Gasteiger partial charge in [-0.3, -0.25) is 9.59 Å². The quantitative estimate of drug-likeness (QED) is 0.468. The third-order valence-corrected chi connectivity index (χ3v) is 4.71. The number of halogens is 1. The van der Waals surface area contributed by atoms with Crippen LogP contribution in [0, 0.1) is 5.82 Å². The molecule has 0 atom stereocenters. The molecule has 1 amide bonds. The predicted octanol–water partition coefficient (Wildman–Crippen LogP) is 3.40. The van der Waals surface area contributed by atoms with Gasteiger partial charge in [-0.05, 0) is 47.2 Å². The fourth-order valence-corrected chi connectivity index (χ4v) is 3.15. The molecule has 1 heterocycles. The summed E-state index contributed by atoms with van der Waals surface area (Å²) in [5, 5.41) is 9.22. The molecule has 7 heteroatoms. The molecule has 0 bridgehead atoms. The lowest BCUT2D eigenvalue weighted by molar-refractivity contribution is -0.122. The summed E-state index contributed by atoms with van der Waals surface area (Å²) in [4.78, 5) is 24.4. The van der Waals surface area contributed by atoms with Gasteiger partial charge in [0.2, 0.25) is 5.91 Å². The first-order chi connectivity index (χ1) is 15.1. The summed E-state index contributed by atoms with van der Waals surface area (Å²) in [6.45, 7) is 0.267. The van der Waals surface area contributed by atoms with Crippen molar-refractivity contribution in [3.8, 4) is 17.0 Å². The zero-order valence-electron chi connectivity index (χ0n) is 16.6. The molecule has 31 heavy (non-hydrogen) atoms. The van der Waals surface area contributed by atoms with Crippen LogP contribution in [0.15, 0.2) is 83.7 Å². The molecule has 0 fully saturated rings. The summed E-state index contributed by atoms with van der Waals surface area (Å²) in [5.74, 6) is -0.186. The standard InChI is InChI=1S/C24H20FN3O3/c25-20-7-9-21(10-8-20)31-14-13-26-23(29)16-28-24(30)12-11-22(27-28)19-6-5-17-3-1-2-4-18(17)15-19/h1-12,15H,13-14,16H2,(H,26,29). The predicted molar refractivity (Wildman–Crippen MR) is 116 cm³/mol. The maximum atomic E-state index is 12.9. The molecule has 0 unspecified atom stereocenters. The minimum absolute atomic E-state index is 0.198. The molecular weight excluding hydrogens is 397 g/mol. The first kappa shape index (κ1) is 20.3. The van der Waals surface area contributed by atoms with E-state index in [-0.39, 0.29) is 37.0 Å². The summed E-state index contributed by atoms with van der Waals surface area (Å²) >= 11 is 0. The number of carbonyl (C=O) groups is 1. The van der Waals surface area contributed by atoms with Crippen LogP contribution in [-0.4, -0.2) is 28.8 Å². The molecule has 0 spiro atoms. The second kappa shape index (κ2) is 9.21. The van der Waals surface area contributed by atoms with E-state index in [0.29, 0.717) is 11.4 Å². The molecule has 156 valence electrons. The SMILES string of the molecule is O=C(Cn1nc(-c2ccc3ccccc3c2)ccc1=O)NCCOc1ccc(F)cc1. The molecule has 0 aliphatic heterocycles. The second-order valence-corrected chi connectivity index (χ2v) is 6.93. The maximum Gasteiger partial charge on any atom is 0.267 e. The van der Waals surface area contributed by atoms with E-state index < -0.39 is 0 Å². The number of benzene rings is 3. The first-order valence-corrected chi connectivity index (χ1v) is 9.81. The Morgan fingerprint density at radius 1 is 0.968 bits per heavy atom. The van der Waals surface area contributed by atoms with Crippen LogP contribution >= 0.6 is 0 Å². The van der Waals surface area contributed by atoms with Gasteiger partial charge in [0.15, 0.2) is 0 Å². The fraction of sp³-hybridized carbons (Fsp3) is 0.125. The summed E-state index contributed by atoms with van der Waals surface area (Å²) < 4.78 is 19.5. The zero-order valence-corrected chi connectivity index (χ0v) is 16.6. The van der Waals surface area contributed by atoms with Crippen molar-refractivity contribution in [1.29, 1.82) is 0 Å². The highest BCUT2D eigenvalue weighted by molar-refractivity contribution is 5.86. The summed E-state index contributed by atoms with van der Waals surface area (Å²) in [7, 11) is 0. The van der Waals surface area contributed by atoms with Gasteiger partial charge in [0.05, 0.1) is 12.2 Å². The topological polar surface area (TPSA) is 73.2 Å². The van der Waals surface area contributed by atoms with Gasteiger partial charge in [-0.15, -0.1) is 0 Å². The molecular formula is C24H20FN3O3. The number of ether oxygens (including phenoxy) is 1. The van der Waals surface area contributed by atoms with Crippen molar-refractivity contribution in [3.63, 3.8) is 0 Å². The number of hydrogen-bond donors (Lipinski definition) is 1. The normalized spacial score (nSPS) is 10.7. The molecule has 0 saturated carbocycles. The van der Waals surface area contributed by atoms with Gasteiger partial charge in [0, 0.05) is 11.6 Å². The monoisotopic (exact) mass is 417 g/mol. The number of aromatic nitrogens is 2. The van der Waals surface area contributed by atoms with Crippen molar-refractivity contribution in [1.82, 2.24) is 15.1 Å². The number of amides is 1. The highest BCUT2D eigenvalue weighted by Gasteiger charge is 2.08. The van der Waals surface area contributed by atoms with Gasteiger partial charge in [-0.2, -0.15) is 5.10 Å². The van der Waals surface area contributed by atoms with E-state index in [1.165, 1.54) is 30.3 Å². The van der Waals surface area contributed by atoms with Crippen LogP contribution < -0.4 is 15.6 Å². The maximum absolute atomic E-state index is 12.9. The molecule has 1 aromatic heterocycles. The number of nitrogens with one attached hydrogen (secondary N) is 1. The molecule has 4 rings (SSSR count). The Balaban J connectivity index is 1.38. The first-order valence-electron chi connectivity index (χ1n) is 9.81. The van der Waals surface area contributed by atoms with Crippen LogP contribution in [0.2, 0.25) is 0 Å². The van der Waals surface area contributed by atoms with E-state index in [1.54, 1.807) is 6.07 Å². The average molecular weight is 417 g/mol. The number of rotatable bonds is 7. The van der Waals surface area contributed by atoms with Gasteiger partial charge < -0.3 is 10.1 Å². The summed E-state index contributed by atoms with van der Waals surface area (Å²) in [5.41, 5.74) is 1.11. The van der Waals surface area contributed by atoms with Crippen LogP contribution in [0.5, 0.6) is 5.75 Å². The van der Waals surface area contributed by atoms with E-state index >= 15 is 0 Å². The molecule has 0 saturated heterocycles. The highest BCUT2D eigenvalue weighted by atomic mass is 19.1. The number of hydrogen-bond acceptors (Lipinski definition) is 4. The van der Waals surface area contributed by atoms with Crippen molar-refractivity contribution in [2.24, 2.45) is 0 Å². The van der Waals surface area contributed by atoms with Gasteiger partial charge in [-0.25, -0.2) is 9.07 Å². The van der Waals surface area contributed by atoms with Crippen molar-refractivity contribution in [3.05, 3.63) is 95.0 Å². The molecule has 6 nitrogen and oxygen atoms in total. The Hall–Kier alpha value is -4.00. The summed E-state index contributed by atoms with van der Waals surface area (Å²) in [6, 6.07) is 22.6. The Labute approximate surface area is 177 Å². The number of fused-ring (bicyclic) bond motifs is 1. The van der Waals surface area contributed by atoms with Crippen LogP contribution in [0.4, 0.5) is 4.39 Å². The molecule has 0 radical (unpaired) electrons. The summed E-state index contributed by atoms with van der Waals surface area (Å²) in [6.07, 6.45) is 0. The molecule has 0 aliphatic carbocycles. The lowest BCUT2D eigenvalue weighted by atomic mass is 10.1. The largest absolute Gasteiger partial charge is 0.492 e. The van der Waals surface area contributed by atoms with E-state index in [4.69, 9.17) is 4.74 Å². The van der Waals surface area contributed by atoms with Crippen LogP contribution in [0.25, 0.3) is 22.0 Å². The molecule has 0 aliphatic rings. The highest BCUT2D eigenvalue weighted by Crippen LogP contribution is 2.22. The smallest absolute Gasteiger partial charge is 0.267 e. The Morgan fingerprint density at radius 3 is 2.55 bits per heavy atom. The van der Waals surface area contributed by atoms with E-state index in [9.17, 15) is 14.0 Å². The lowest BCUT2D eigenvalue weighted by Gasteiger charge is -2.10. The molecule has 3 aromatic carbocycles. The lowest BCUT2D eigenvalue weighted by Crippen LogP contribution is -2.35. The van der Waals surface area contributed by atoms with E-state index in [2.05, 4.69) is 10.4 Å². The Kier molecular flexibility index (Phi) is 6.03. The zero-order chi connectivity index (χ0) is 21.6. The Bertz CT molecular complexity index is 1270. The van der Waals surface area contributed by atoms with E-state index in [1.807, 2.05) is 42.5 Å². The van der Waals surface area contributed by atoms with Crippen LogP contribution in [-0.2, 0) is 11.3 Å². The van der Waals surface area contributed by atoms with Crippen molar-refractivity contribution in [2.75, 3.05) is 13.2 Å². The molecule has 1 N–H and O–H groups in total. The number of carbonyl (C=O) groups excluding carboxylic acids is 1. The third-order valence-electron chi connectivity index (χ3n) is 4.71. The van der Waals surface area contributed by atoms with Crippen LogP contribution in [0.3, 0.4) is 0 Å². The number of nitrogens with zero attached hydrogens (tertiary/aromatic N) is 2. The van der Waals surface area contributed by atoms with E-state index in [0.717, 1.165) is 21.0 Å². The van der Waals surface area contributed by atoms with Gasteiger partial charge >= 0.3 is 0 Å². The van der Waals surface area contributed by atoms with Gasteiger partial charge in [0.1, 0.15) is 24.7 Å². The van der Waals surface area contributed by atoms with Crippen molar-refractivity contribution >= 4 is 16.7 Å².